The van der Waals surface area contributed by atoms with Crippen LogP contribution in [-0.2, 0) is 4.74 Å². The number of halogens is 1. The lowest BCUT2D eigenvalue weighted by atomic mass is 9.91. The SMILES string of the molecule is [2H]C([2H])([2H])[C@@H](NC)c1cncc(C#Cc2nc(N[C@@H]3CCOC[C@H]3O)ncc2Cl)c1C(C)C. The summed E-state index contributed by atoms with van der Waals surface area (Å²) in [7, 11) is 1.62. The van der Waals surface area contributed by atoms with Crippen molar-refractivity contribution in [2.24, 2.45) is 0 Å². The topological polar surface area (TPSA) is 92.2 Å². The van der Waals surface area contributed by atoms with Crippen molar-refractivity contribution in [3.8, 4) is 11.8 Å². The molecule has 0 radical (unpaired) electrons. The molecule has 0 unspecified atom stereocenters. The predicted molar refractivity (Wildman–Crippen MR) is 118 cm³/mol. The third-order valence-electron chi connectivity index (χ3n) is 4.90. The number of nitrogens with zero attached hydrogens (tertiary/aromatic N) is 3. The average molecular weight is 433 g/mol. The molecule has 0 amide bonds. The van der Waals surface area contributed by atoms with Gasteiger partial charge in [0.25, 0.3) is 0 Å². The Bertz CT molecular complexity index is 1040. The van der Waals surface area contributed by atoms with Crippen LogP contribution in [0.2, 0.25) is 5.02 Å². The molecule has 8 heteroatoms. The summed E-state index contributed by atoms with van der Waals surface area (Å²) in [5, 5.41) is 16.4. The lowest BCUT2D eigenvalue weighted by Crippen LogP contribution is -2.42. The Balaban J connectivity index is 1.96. The van der Waals surface area contributed by atoms with E-state index in [0.717, 1.165) is 5.56 Å². The fourth-order valence-electron chi connectivity index (χ4n) is 3.32. The highest BCUT2D eigenvalue weighted by Gasteiger charge is 2.24. The van der Waals surface area contributed by atoms with E-state index in [2.05, 4.69) is 37.4 Å². The van der Waals surface area contributed by atoms with Gasteiger partial charge in [-0.1, -0.05) is 31.4 Å². The van der Waals surface area contributed by atoms with Gasteiger partial charge in [-0.2, -0.15) is 0 Å². The molecule has 0 aliphatic carbocycles. The number of aliphatic hydroxyl groups excluding tert-OH is 1. The minimum Gasteiger partial charge on any atom is -0.389 e. The lowest BCUT2D eigenvalue weighted by molar-refractivity contribution is -0.0136. The van der Waals surface area contributed by atoms with Crippen LogP contribution in [0.3, 0.4) is 0 Å². The first-order valence-electron chi connectivity index (χ1n) is 11.3. The standard InChI is InChI=1S/C22H28ClN5O2/c1-13(2)21-15(9-25-10-16(21)14(3)24-4)5-6-18-17(23)11-26-22(27-18)28-19-7-8-30-12-20(19)29/h9-11,13-14,19-20,24,29H,7-8,12H2,1-4H3,(H,26,27,28)/t14-,19-,20-/m1/s1/i3D3. The molecule has 3 atom stereocenters. The third-order valence-corrected chi connectivity index (χ3v) is 5.17. The summed E-state index contributed by atoms with van der Waals surface area (Å²) in [6, 6.07) is -1.10. The molecule has 30 heavy (non-hydrogen) atoms. The molecule has 2 aromatic rings. The summed E-state index contributed by atoms with van der Waals surface area (Å²) in [6.07, 6.45) is 4.61. The Hall–Kier alpha value is -2.24. The van der Waals surface area contributed by atoms with E-state index >= 15 is 0 Å². The smallest absolute Gasteiger partial charge is 0.224 e. The second kappa shape index (κ2) is 10.2. The molecule has 1 aliphatic rings. The van der Waals surface area contributed by atoms with Gasteiger partial charge in [0.05, 0.1) is 30.0 Å². The summed E-state index contributed by atoms with van der Waals surface area (Å²) in [6.45, 7) is 2.52. The van der Waals surface area contributed by atoms with Gasteiger partial charge in [-0.25, -0.2) is 9.97 Å². The van der Waals surface area contributed by atoms with E-state index in [1.165, 1.54) is 6.20 Å². The van der Waals surface area contributed by atoms with Gasteiger partial charge in [-0.05, 0) is 43.3 Å². The molecule has 2 aromatic heterocycles. The van der Waals surface area contributed by atoms with E-state index in [1.807, 2.05) is 13.8 Å². The second-order valence-corrected chi connectivity index (χ2v) is 7.80. The molecular formula is C22H28ClN5O2. The van der Waals surface area contributed by atoms with Gasteiger partial charge in [-0.15, -0.1) is 0 Å². The molecule has 160 valence electrons. The van der Waals surface area contributed by atoms with Crippen LogP contribution in [0.1, 0.15) is 65.6 Å². The first-order chi connectivity index (χ1) is 15.6. The van der Waals surface area contributed by atoms with E-state index < -0.39 is 19.0 Å². The number of hydrogen-bond donors (Lipinski definition) is 3. The number of aromatic nitrogens is 3. The first-order valence-corrected chi connectivity index (χ1v) is 10.2. The van der Waals surface area contributed by atoms with Crippen molar-refractivity contribution in [2.75, 3.05) is 25.6 Å². The molecule has 3 heterocycles. The van der Waals surface area contributed by atoms with E-state index in [-0.39, 0.29) is 23.6 Å². The minimum atomic E-state index is -2.24. The molecule has 3 N–H and O–H groups in total. The number of hydrogen-bond acceptors (Lipinski definition) is 7. The third kappa shape index (κ3) is 5.27. The Morgan fingerprint density at radius 1 is 1.33 bits per heavy atom. The minimum absolute atomic E-state index is 0.0126. The molecule has 0 spiro atoms. The van der Waals surface area contributed by atoms with Gasteiger partial charge in [0.2, 0.25) is 5.95 Å². The quantitative estimate of drug-likeness (QED) is 0.625. The monoisotopic (exact) mass is 432 g/mol. The van der Waals surface area contributed by atoms with Crippen LogP contribution in [0, 0.1) is 11.8 Å². The largest absolute Gasteiger partial charge is 0.389 e. The molecule has 1 saturated heterocycles. The zero-order valence-corrected chi connectivity index (χ0v) is 18.0. The summed E-state index contributed by atoms with van der Waals surface area (Å²) in [5.74, 6) is 6.36. The Morgan fingerprint density at radius 2 is 2.17 bits per heavy atom. The maximum absolute atomic E-state index is 10.1. The predicted octanol–water partition coefficient (Wildman–Crippen LogP) is 2.89. The number of nitrogens with one attached hydrogen (secondary N) is 2. The van der Waals surface area contributed by atoms with Gasteiger partial charge >= 0.3 is 0 Å². The van der Waals surface area contributed by atoms with Crippen LogP contribution < -0.4 is 10.6 Å². The van der Waals surface area contributed by atoms with Crippen molar-refractivity contribution in [1.29, 1.82) is 0 Å². The highest BCUT2D eigenvalue weighted by molar-refractivity contribution is 6.31. The van der Waals surface area contributed by atoms with E-state index in [4.69, 9.17) is 20.5 Å². The summed E-state index contributed by atoms with van der Waals surface area (Å²) in [5.41, 5.74) is 2.32. The van der Waals surface area contributed by atoms with Gasteiger partial charge in [0.1, 0.15) is 5.69 Å². The highest BCUT2D eigenvalue weighted by atomic mass is 35.5. The van der Waals surface area contributed by atoms with E-state index in [9.17, 15) is 5.11 Å². The van der Waals surface area contributed by atoms with Crippen LogP contribution >= 0.6 is 11.6 Å². The van der Waals surface area contributed by atoms with E-state index in [1.54, 1.807) is 19.4 Å². The van der Waals surface area contributed by atoms with Crippen LogP contribution in [0.15, 0.2) is 18.6 Å². The number of rotatable bonds is 5. The zero-order chi connectivity index (χ0) is 24.2. The van der Waals surface area contributed by atoms with E-state index in [0.29, 0.717) is 35.8 Å². The Kier molecular flexibility index (Phi) is 6.29. The number of anilines is 1. The highest BCUT2D eigenvalue weighted by Crippen LogP contribution is 2.27. The fraction of sp³-hybridized carbons (Fsp3) is 0.500. The van der Waals surface area contributed by atoms with Gasteiger partial charge < -0.3 is 20.5 Å². The Morgan fingerprint density at radius 3 is 2.87 bits per heavy atom. The van der Waals surface area contributed by atoms with Crippen molar-refractivity contribution < 1.29 is 14.0 Å². The van der Waals surface area contributed by atoms with Crippen LogP contribution in [0.4, 0.5) is 5.95 Å². The number of ether oxygens (including phenoxy) is 1. The molecule has 0 bridgehead atoms. The molecule has 3 rings (SSSR count). The fourth-order valence-corrected chi connectivity index (χ4v) is 3.46. The number of pyridine rings is 1. The Labute approximate surface area is 186 Å². The zero-order valence-electron chi connectivity index (χ0n) is 20.2. The van der Waals surface area contributed by atoms with Gasteiger partial charge in [-0.3, -0.25) is 4.98 Å². The number of aliphatic hydroxyl groups is 1. The van der Waals surface area contributed by atoms with Gasteiger partial charge in [0.15, 0.2) is 0 Å². The summed E-state index contributed by atoms with van der Waals surface area (Å²) < 4.78 is 28.9. The van der Waals surface area contributed by atoms with Crippen molar-refractivity contribution in [2.45, 2.75) is 51.2 Å². The maximum Gasteiger partial charge on any atom is 0.224 e. The van der Waals surface area contributed by atoms with Crippen molar-refractivity contribution in [3.05, 3.63) is 46.0 Å². The second-order valence-electron chi connectivity index (χ2n) is 7.39. The maximum atomic E-state index is 10.1. The lowest BCUT2D eigenvalue weighted by Gasteiger charge is -2.28. The molecular weight excluding hydrogens is 402 g/mol. The van der Waals surface area contributed by atoms with Crippen molar-refractivity contribution >= 4 is 17.5 Å². The van der Waals surface area contributed by atoms with Crippen molar-refractivity contribution in [3.63, 3.8) is 0 Å². The van der Waals surface area contributed by atoms with Crippen LogP contribution in [0.25, 0.3) is 0 Å². The summed E-state index contributed by atoms with van der Waals surface area (Å²) >= 11 is 6.28. The molecule has 1 aliphatic heterocycles. The molecule has 1 fully saturated rings. The normalized spacial score (nSPS) is 21.7. The van der Waals surface area contributed by atoms with Crippen molar-refractivity contribution in [1.82, 2.24) is 20.3 Å². The van der Waals surface area contributed by atoms with Crippen LogP contribution in [0.5, 0.6) is 0 Å². The summed E-state index contributed by atoms with van der Waals surface area (Å²) in [4.78, 5) is 12.8. The molecule has 7 nitrogen and oxygen atoms in total. The molecule has 0 aromatic carbocycles. The van der Waals surface area contributed by atoms with Crippen LogP contribution in [-0.4, -0.2) is 52.5 Å². The molecule has 0 saturated carbocycles. The average Bonchev–Trinajstić information content (AvgIpc) is 2.75. The first kappa shape index (κ1) is 18.5. The van der Waals surface area contributed by atoms with Gasteiger partial charge in [0, 0.05) is 34.7 Å².